The Hall–Kier alpha value is -4.20. The summed E-state index contributed by atoms with van der Waals surface area (Å²) < 4.78 is 13.5. The molecule has 0 amide bonds. The monoisotopic (exact) mass is 456 g/mol. The Bertz CT molecular complexity index is 1570. The van der Waals surface area contributed by atoms with Gasteiger partial charge in [0.15, 0.2) is 0 Å². The van der Waals surface area contributed by atoms with Gasteiger partial charge in [-0.2, -0.15) is 4.98 Å². The fourth-order valence-electron chi connectivity index (χ4n) is 3.91. The predicted molar refractivity (Wildman–Crippen MR) is 128 cm³/mol. The highest BCUT2D eigenvalue weighted by molar-refractivity contribution is 5.77. The normalized spacial score (nSPS) is 11.9. The van der Waals surface area contributed by atoms with Gasteiger partial charge >= 0.3 is 5.69 Å². The Morgan fingerprint density at radius 2 is 1.65 bits per heavy atom. The van der Waals surface area contributed by atoms with Gasteiger partial charge in [0, 0.05) is 5.56 Å². The number of fused-ring (bicyclic) bond motifs is 1. The summed E-state index contributed by atoms with van der Waals surface area (Å²) in [5.74, 6) is 1.22. The summed E-state index contributed by atoms with van der Waals surface area (Å²) in [5, 5.41) is 4.52. The van der Waals surface area contributed by atoms with E-state index in [1.54, 1.807) is 36.4 Å². The van der Waals surface area contributed by atoms with E-state index < -0.39 is 5.69 Å². The number of benzene rings is 2. The molecule has 0 unspecified atom stereocenters. The predicted octanol–water partition coefficient (Wildman–Crippen LogP) is 4.20. The van der Waals surface area contributed by atoms with Crippen LogP contribution in [0.3, 0.4) is 0 Å². The molecular formula is C26H24N4O4. The maximum atomic E-state index is 13.3. The lowest BCUT2D eigenvalue weighted by molar-refractivity contribution is 0.369. The highest BCUT2D eigenvalue weighted by atomic mass is 16.5. The van der Waals surface area contributed by atoms with Crippen molar-refractivity contribution in [2.24, 2.45) is 0 Å². The van der Waals surface area contributed by atoms with Crippen LogP contribution in [0.4, 0.5) is 0 Å². The summed E-state index contributed by atoms with van der Waals surface area (Å²) in [5.41, 5.74) is 1.72. The van der Waals surface area contributed by atoms with E-state index in [1.165, 1.54) is 16.4 Å². The minimum atomic E-state index is -0.477. The van der Waals surface area contributed by atoms with Gasteiger partial charge in [-0.05, 0) is 35.2 Å². The van der Waals surface area contributed by atoms with E-state index in [0.717, 1.165) is 10.1 Å². The zero-order chi connectivity index (χ0) is 23.9. The lowest BCUT2D eigenvalue weighted by atomic mass is 9.87. The maximum Gasteiger partial charge on any atom is 0.332 e. The maximum absolute atomic E-state index is 13.3. The summed E-state index contributed by atoms with van der Waals surface area (Å²) in [6.07, 6.45) is 1.51. The fraction of sp³-hybridized carbons (Fsp3) is 0.231. The Balaban J connectivity index is 1.53. The van der Waals surface area contributed by atoms with E-state index >= 15 is 0 Å². The van der Waals surface area contributed by atoms with Gasteiger partial charge < -0.3 is 8.94 Å². The second-order valence-electron chi connectivity index (χ2n) is 9.20. The van der Waals surface area contributed by atoms with E-state index in [2.05, 4.69) is 30.9 Å². The average molecular weight is 457 g/mol. The third-order valence-electron chi connectivity index (χ3n) is 5.80. The fourth-order valence-corrected chi connectivity index (χ4v) is 3.91. The average Bonchev–Trinajstić information content (AvgIpc) is 3.51. The zero-order valence-electron chi connectivity index (χ0n) is 19.2. The summed E-state index contributed by atoms with van der Waals surface area (Å²) in [4.78, 5) is 30.9. The second kappa shape index (κ2) is 8.30. The summed E-state index contributed by atoms with van der Waals surface area (Å²) >= 11 is 0. The molecule has 172 valence electrons. The lowest BCUT2D eigenvalue weighted by Crippen LogP contribution is -2.40. The molecule has 3 aromatic heterocycles. The van der Waals surface area contributed by atoms with E-state index in [1.807, 2.05) is 24.3 Å². The standard InChI is InChI=1S/C26H24N4O4/c1-26(2,3)18-12-10-17(11-13-18)23-27-22(34-28-23)16-29-21-9-5-4-8-20(21)24(31)30(25(29)32)15-19-7-6-14-33-19/h4-14H,15-16H2,1-3H3. The van der Waals surface area contributed by atoms with E-state index in [9.17, 15) is 9.59 Å². The lowest BCUT2D eigenvalue weighted by Gasteiger charge is -2.18. The molecule has 5 aromatic rings. The molecule has 3 heterocycles. The molecule has 0 aliphatic rings. The molecule has 0 spiro atoms. The minimum Gasteiger partial charge on any atom is -0.467 e. The van der Waals surface area contributed by atoms with Crippen LogP contribution in [0.2, 0.25) is 0 Å². The Morgan fingerprint density at radius 3 is 2.35 bits per heavy atom. The van der Waals surface area contributed by atoms with Gasteiger partial charge in [0.2, 0.25) is 11.7 Å². The third kappa shape index (κ3) is 3.98. The van der Waals surface area contributed by atoms with Gasteiger partial charge in [-0.15, -0.1) is 0 Å². The topological polar surface area (TPSA) is 96.1 Å². The summed E-state index contributed by atoms with van der Waals surface area (Å²) in [7, 11) is 0. The first-order valence-electron chi connectivity index (χ1n) is 11.0. The van der Waals surface area contributed by atoms with Crippen LogP contribution in [0.25, 0.3) is 22.3 Å². The molecular weight excluding hydrogens is 432 g/mol. The van der Waals surface area contributed by atoms with Gasteiger partial charge in [0.05, 0.1) is 23.7 Å². The van der Waals surface area contributed by atoms with Crippen LogP contribution in [0.15, 0.2) is 85.5 Å². The van der Waals surface area contributed by atoms with Crippen molar-refractivity contribution in [1.82, 2.24) is 19.3 Å². The van der Waals surface area contributed by atoms with Crippen molar-refractivity contribution in [3.05, 3.63) is 105 Å². The molecule has 0 saturated carbocycles. The van der Waals surface area contributed by atoms with Crippen molar-refractivity contribution < 1.29 is 8.94 Å². The molecule has 8 nitrogen and oxygen atoms in total. The quantitative estimate of drug-likeness (QED) is 0.393. The van der Waals surface area contributed by atoms with Crippen LogP contribution in [0.1, 0.15) is 38.0 Å². The van der Waals surface area contributed by atoms with Crippen LogP contribution in [0.5, 0.6) is 0 Å². The number of nitrogens with zero attached hydrogens (tertiary/aromatic N) is 4. The first-order chi connectivity index (χ1) is 16.3. The van der Waals surface area contributed by atoms with E-state index in [-0.39, 0.29) is 30.0 Å². The molecule has 8 heteroatoms. The van der Waals surface area contributed by atoms with Crippen LogP contribution in [0, 0.1) is 0 Å². The van der Waals surface area contributed by atoms with Gasteiger partial charge in [-0.1, -0.05) is 62.3 Å². The number of aromatic nitrogens is 4. The number of hydrogen-bond acceptors (Lipinski definition) is 6. The van der Waals surface area contributed by atoms with Crippen molar-refractivity contribution in [3.63, 3.8) is 0 Å². The van der Waals surface area contributed by atoms with E-state index in [4.69, 9.17) is 8.94 Å². The number of para-hydroxylation sites is 1. The number of rotatable bonds is 5. The second-order valence-corrected chi connectivity index (χ2v) is 9.20. The molecule has 5 rings (SSSR count). The zero-order valence-corrected chi connectivity index (χ0v) is 19.2. The molecule has 0 atom stereocenters. The van der Waals surface area contributed by atoms with E-state index in [0.29, 0.717) is 22.5 Å². The molecule has 0 saturated heterocycles. The van der Waals surface area contributed by atoms with Crippen molar-refractivity contribution in [1.29, 1.82) is 0 Å². The Kier molecular flexibility index (Phi) is 5.28. The van der Waals surface area contributed by atoms with Crippen LogP contribution >= 0.6 is 0 Å². The van der Waals surface area contributed by atoms with Crippen molar-refractivity contribution in [2.45, 2.75) is 39.3 Å². The molecule has 0 aliphatic heterocycles. The molecule has 2 aromatic carbocycles. The third-order valence-corrected chi connectivity index (χ3v) is 5.80. The first kappa shape index (κ1) is 21.6. The van der Waals surface area contributed by atoms with Crippen LogP contribution in [-0.4, -0.2) is 19.3 Å². The number of furan rings is 1. The molecule has 34 heavy (non-hydrogen) atoms. The van der Waals surface area contributed by atoms with Gasteiger partial charge in [-0.3, -0.25) is 13.9 Å². The van der Waals surface area contributed by atoms with Crippen molar-refractivity contribution in [3.8, 4) is 11.4 Å². The Labute approximate surface area is 195 Å². The van der Waals surface area contributed by atoms with Gasteiger partial charge in [0.1, 0.15) is 12.3 Å². The first-order valence-corrected chi connectivity index (χ1v) is 11.0. The van der Waals surface area contributed by atoms with Gasteiger partial charge in [0.25, 0.3) is 5.56 Å². The van der Waals surface area contributed by atoms with Crippen LogP contribution < -0.4 is 11.2 Å². The molecule has 0 bridgehead atoms. The SMILES string of the molecule is CC(C)(C)c1ccc(-c2noc(Cn3c(=O)n(Cc4ccco4)c(=O)c4ccccc43)n2)cc1. The molecule has 0 aliphatic carbocycles. The van der Waals surface area contributed by atoms with Crippen molar-refractivity contribution in [2.75, 3.05) is 0 Å². The van der Waals surface area contributed by atoms with Gasteiger partial charge in [-0.25, -0.2) is 4.79 Å². The molecule has 0 fully saturated rings. The number of hydrogen-bond donors (Lipinski definition) is 0. The van der Waals surface area contributed by atoms with Crippen LogP contribution in [-0.2, 0) is 18.5 Å². The largest absolute Gasteiger partial charge is 0.467 e. The molecule has 0 N–H and O–H groups in total. The summed E-state index contributed by atoms with van der Waals surface area (Å²) in [6, 6.07) is 18.4. The highest BCUT2D eigenvalue weighted by Gasteiger charge is 2.18. The Morgan fingerprint density at radius 1 is 0.882 bits per heavy atom. The smallest absolute Gasteiger partial charge is 0.332 e. The summed E-state index contributed by atoms with van der Waals surface area (Å²) in [6.45, 7) is 6.53. The highest BCUT2D eigenvalue weighted by Crippen LogP contribution is 2.25. The van der Waals surface area contributed by atoms with Crippen molar-refractivity contribution >= 4 is 10.9 Å². The molecule has 0 radical (unpaired) electrons. The minimum absolute atomic E-state index is 0.0325.